The Morgan fingerprint density at radius 3 is 1.27 bits per heavy atom. The van der Waals surface area contributed by atoms with Crippen molar-refractivity contribution in [2.24, 2.45) is 0 Å². The maximum atomic E-state index is 8.60. The van der Waals surface area contributed by atoms with E-state index >= 15 is 0 Å². The molecular formula is C40H45Cl2SiZr. The Morgan fingerprint density at radius 1 is 0.591 bits per heavy atom. The van der Waals surface area contributed by atoms with Gasteiger partial charge in [-0.25, -0.2) is 0 Å². The first kappa shape index (κ1) is 32.0. The van der Waals surface area contributed by atoms with E-state index in [1.54, 1.807) is 0 Å². The standard InChI is InChI=1S/2C19H19.C2H7Si.2ClH.Zr/c2*1-13(2)16-11-17-9-14(3)10-18(17)19(12-16)15-7-5-4-6-8-15;1-3-2;;;/h2*4-13H,1-3H3;3H,1-2H3;2*1H;/q;;;;;+2/p-2. The molecule has 2 aliphatic carbocycles. The fourth-order valence-electron chi connectivity index (χ4n) is 7.99. The first-order valence-electron chi connectivity index (χ1n) is 16.2. The Kier molecular flexibility index (Phi) is 8.50. The van der Waals surface area contributed by atoms with Gasteiger partial charge in [0.25, 0.3) is 0 Å². The van der Waals surface area contributed by atoms with E-state index in [0.717, 1.165) is 0 Å². The van der Waals surface area contributed by atoms with Crippen LogP contribution in [0.3, 0.4) is 0 Å². The van der Waals surface area contributed by atoms with E-state index in [1.165, 1.54) is 66.8 Å². The zero-order valence-corrected chi connectivity index (χ0v) is 32.5. The molecule has 0 spiro atoms. The summed E-state index contributed by atoms with van der Waals surface area (Å²) in [5.74, 6) is -0.806. The van der Waals surface area contributed by atoms with Gasteiger partial charge in [0.05, 0.1) is 0 Å². The summed E-state index contributed by atoms with van der Waals surface area (Å²) in [5, 5.41) is 0. The number of fused-ring (bicyclic) bond motifs is 2. The number of rotatable bonds is 7. The molecule has 0 nitrogen and oxygen atoms in total. The summed E-state index contributed by atoms with van der Waals surface area (Å²) in [6.45, 7) is 18.7. The monoisotopic (exact) mass is 713 g/mol. The minimum absolute atomic E-state index is 0.0878. The van der Waals surface area contributed by atoms with E-state index in [0.29, 0.717) is 11.8 Å². The molecule has 0 aromatic heterocycles. The Hall–Kier alpha value is -1.96. The summed E-state index contributed by atoms with van der Waals surface area (Å²) in [6.07, 6.45) is 4.85. The topological polar surface area (TPSA) is 0 Å². The summed E-state index contributed by atoms with van der Waals surface area (Å²) in [5.41, 5.74) is 15.9. The first-order valence-corrected chi connectivity index (χ1v) is 32.5. The normalized spacial score (nSPS) is 18.7. The van der Waals surface area contributed by atoms with Crippen LogP contribution in [0.15, 0.2) is 96.1 Å². The molecular weight excluding hydrogens is 671 g/mol. The molecule has 0 heterocycles. The third-order valence-electron chi connectivity index (χ3n) is 10.5. The number of hydrogen-bond acceptors (Lipinski definition) is 0. The second-order valence-electron chi connectivity index (χ2n) is 14.2. The molecule has 0 radical (unpaired) electrons. The SMILES string of the molecule is CC1=Cc2c(-c3ccccc3)cc(C(C)C)cc2[CH]1[Zr]([Cl])([Cl])([CH]1C(C)=Cc2c(-c3ccccc3)cc(C(C)C)cc21)[SiH](C)C. The summed E-state index contributed by atoms with van der Waals surface area (Å²) in [7, 11) is 17.2. The molecule has 4 aromatic rings. The fraction of sp³-hybridized carbons (Fsp3) is 0.300. The quantitative estimate of drug-likeness (QED) is 0.167. The Morgan fingerprint density at radius 2 is 0.955 bits per heavy atom. The van der Waals surface area contributed by atoms with Crippen LogP contribution >= 0.6 is 17.0 Å². The molecule has 4 heteroatoms. The van der Waals surface area contributed by atoms with Gasteiger partial charge in [-0.05, 0) is 0 Å². The molecule has 0 saturated heterocycles. The Bertz CT molecular complexity index is 1670. The molecule has 0 bridgehead atoms. The number of allylic oxidation sites excluding steroid dienone is 2. The summed E-state index contributed by atoms with van der Waals surface area (Å²) < 4.78 is 0.176. The summed E-state index contributed by atoms with van der Waals surface area (Å²) in [4.78, 5) is 0. The molecule has 4 aromatic carbocycles. The van der Waals surface area contributed by atoms with Crippen LogP contribution in [0, 0.1) is 0 Å². The van der Waals surface area contributed by atoms with Crippen molar-refractivity contribution in [3.8, 4) is 22.3 Å². The van der Waals surface area contributed by atoms with Gasteiger partial charge >= 0.3 is 276 Å². The van der Waals surface area contributed by atoms with Crippen molar-refractivity contribution in [2.45, 2.75) is 73.7 Å². The molecule has 0 saturated carbocycles. The number of halogens is 2. The molecule has 0 fully saturated rings. The third kappa shape index (κ3) is 5.04. The van der Waals surface area contributed by atoms with Crippen molar-refractivity contribution in [3.63, 3.8) is 0 Å². The predicted octanol–water partition coefficient (Wildman–Crippen LogP) is 12.9. The van der Waals surface area contributed by atoms with Crippen molar-refractivity contribution in [3.05, 3.63) is 129 Å². The van der Waals surface area contributed by atoms with E-state index in [4.69, 9.17) is 17.0 Å². The van der Waals surface area contributed by atoms with Gasteiger partial charge in [0.2, 0.25) is 0 Å². The van der Waals surface area contributed by atoms with Crippen LogP contribution in [0.4, 0.5) is 0 Å². The van der Waals surface area contributed by atoms with Gasteiger partial charge in [-0.3, -0.25) is 0 Å². The average molecular weight is 716 g/mol. The van der Waals surface area contributed by atoms with Crippen LogP contribution in [0.2, 0.25) is 13.1 Å². The molecule has 0 N–H and O–H groups in total. The van der Waals surface area contributed by atoms with Gasteiger partial charge in [0.1, 0.15) is 0 Å². The van der Waals surface area contributed by atoms with Crippen LogP contribution in [-0.4, -0.2) is 5.92 Å². The molecule has 2 aliphatic rings. The maximum absolute atomic E-state index is 8.60. The summed E-state index contributed by atoms with van der Waals surface area (Å²) in [6, 6.07) is 31.4. The van der Waals surface area contributed by atoms with Gasteiger partial charge in [-0.15, -0.1) is 0 Å². The van der Waals surface area contributed by atoms with Crippen molar-refractivity contribution in [1.29, 1.82) is 0 Å². The zero-order valence-electron chi connectivity index (χ0n) is 27.4. The predicted molar refractivity (Wildman–Crippen MR) is 195 cm³/mol. The molecule has 6 rings (SSSR count). The van der Waals surface area contributed by atoms with Crippen LogP contribution in [0.25, 0.3) is 34.4 Å². The van der Waals surface area contributed by atoms with E-state index in [1.807, 2.05) is 0 Å². The van der Waals surface area contributed by atoms with Crippen LogP contribution < -0.4 is 0 Å². The van der Waals surface area contributed by atoms with E-state index in [9.17, 15) is 0 Å². The molecule has 227 valence electrons. The summed E-state index contributed by atoms with van der Waals surface area (Å²) >= 11 is -4.80. The van der Waals surface area contributed by atoms with E-state index in [-0.39, 0.29) is 7.25 Å². The van der Waals surface area contributed by atoms with Crippen molar-refractivity contribution < 1.29 is 15.6 Å². The molecule has 2 unspecified atom stereocenters. The first-order chi connectivity index (χ1) is 20.8. The van der Waals surface area contributed by atoms with Gasteiger partial charge < -0.3 is 0 Å². The molecule has 2 atom stereocenters. The van der Waals surface area contributed by atoms with Crippen LogP contribution in [0.5, 0.6) is 0 Å². The third-order valence-corrected chi connectivity index (χ3v) is 62.7. The Labute approximate surface area is 274 Å². The second-order valence-corrected chi connectivity index (χ2v) is 56.7. The second kappa shape index (κ2) is 11.7. The van der Waals surface area contributed by atoms with Crippen molar-refractivity contribution in [1.82, 2.24) is 0 Å². The average Bonchev–Trinajstić information content (AvgIpc) is 3.53. The molecule has 0 amide bonds. The van der Waals surface area contributed by atoms with Gasteiger partial charge in [-0.1, -0.05) is 0 Å². The van der Waals surface area contributed by atoms with Crippen LogP contribution in [-0.2, 0) is 15.6 Å². The van der Waals surface area contributed by atoms with Gasteiger partial charge in [0.15, 0.2) is 0 Å². The van der Waals surface area contributed by atoms with Crippen molar-refractivity contribution >= 4 is 35.1 Å². The fourth-order valence-corrected chi connectivity index (χ4v) is 40.8. The van der Waals surface area contributed by atoms with E-state index in [2.05, 4.69) is 152 Å². The van der Waals surface area contributed by atoms with Gasteiger partial charge in [0, 0.05) is 0 Å². The molecule has 44 heavy (non-hydrogen) atoms. The zero-order chi connectivity index (χ0) is 31.6. The Balaban J connectivity index is 1.63. The van der Waals surface area contributed by atoms with Crippen molar-refractivity contribution in [2.75, 3.05) is 0 Å². The van der Waals surface area contributed by atoms with Crippen LogP contribution in [0.1, 0.15) is 94.0 Å². The van der Waals surface area contributed by atoms with E-state index < -0.39 is 21.5 Å². The number of benzene rings is 4. The number of hydrogen-bond donors (Lipinski definition) is 0. The van der Waals surface area contributed by atoms with Gasteiger partial charge in [-0.2, -0.15) is 0 Å². The minimum atomic E-state index is -4.80. The molecule has 0 aliphatic heterocycles.